The largest absolute Gasteiger partial charge is 0.484 e. The molecule has 0 aromatic heterocycles. The molecule has 0 spiro atoms. The lowest BCUT2D eigenvalue weighted by Crippen LogP contribution is -2.50. The van der Waals surface area contributed by atoms with Crippen LogP contribution in [0.1, 0.15) is 17.2 Å². The van der Waals surface area contributed by atoms with Crippen LogP contribution in [-0.4, -0.2) is 51.8 Å². The van der Waals surface area contributed by atoms with Gasteiger partial charge >= 0.3 is 0 Å². The van der Waals surface area contributed by atoms with Crippen LogP contribution in [0, 0.1) is 0 Å². The van der Waals surface area contributed by atoms with Gasteiger partial charge in [-0.25, -0.2) is 8.42 Å². The first kappa shape index (κ1) is 20.0. The Morgan fingerprint density at radius 3 is 2.43 bits per heavy atom. The third-order valence-electron chi connectivity index (χ3n) is 5.38. The van der Waals surface area contributed by atoms with Crippen molar-refractivity contribution in [3.63, 3.8) is 0 Å². The number of sulfone groups is 1. The van der Waals surface area contributed by atoms with Crippen LogP contribution in [0.5, 0.6) is 5.75 Å². The minimum atomic E-state index is -3.24. The number of fused-ring (bicyclic) bond motifs is 1. The Labute approximate surface area is 175 Å². The Morgan fingerprint density at radius 1 is 1.11 bits per heavy atom. The summed E-state index contributed by atoms with van der Waals surface area (Å²) in [5, 5.41) is 4.61. The van der Waals surface area contributed by atoms with Crippen LogP contribution in [0.15, 0.2) is 41.3 Å². The predicted molar refractivity (Wildman–Crippen MR) is 111 cm³/mol. The number of hydrogen-bond donors (Lipinski definition) is 1. The van der Waals surface area contributed by atoms with E-state index in [1.165, 1.54) is 6.26 Å². The highest BCUT2D eigenvalue weighted by atomic mass is 35.5. The first-order valence-corrected chi connectivity index (χ1v) is 11.9. The van der Waals surface area contributed by atoms with Crippen molar-refractivity contribution in [2.24, 2.45) is 0 Å². The summed E-state index contributed by atoms with van der Waals surface area (Å²) < 4.78 is 29.8. The summed E-state index contributed by atoms with van der Waals surface area (Å²) in [4.78, 5) is 2.70. The third kappa shape index (κ3) is 4.02. The summed E-state index contributed by atoms with van der Waals surface area (Å²) in [6, 6.07) is 10.4. The van der Waals surface area contributed by atoms with Gasteiger partial charge in [0.15, 0.2) is 9.84 Å². The zero-order valence-electron chi connectivity index (χ0n) is 15.5. The van der Waals surface area contributed by atoms with Gasteiger partial charge in [-0.2, -0.15) is 0 Å². The molecule has 2 aromatic rings. The molecule has 28 heavy (non-hydrogen) atoms. The standard InChI is InChI=1S/C20H22Cl2N2O3S/c1-28(25,26)16-4-2-15(3-5-16)27-20-18(24-8-6-23-7-9-24)11-13-10-14(21)12-17(22)19(13)20/h2-5,10,12,18,20,23H,6-9,11H2,1H3. The zero-order chi connectivity index (χ0) is 19.9. The molecule has 0 radical (unpaired) electrons. The summed E-state index contributed by atoms with van der Waals surface area (Å²) in [7, 11) is -3.24. The van der Waals surface area contributed by atoms with Gasteiger partial charge in [0.1, 0.15) is 11.9 Å². The Hall–Kier alpha value is -1.31. The normalized spacial score (nSPS) is 22.8. The van der Waals surface area contributed by atoms with Crippen molar-refractivity contribution in [2.75, 3.05) is 32.4 Å². The van der Waals surface area contributed by atoms with Crippen molar-refractivity contribution < 1.29 is 13.2 Å². The van der Waals surface area contributed by atoms with E-state index in [4.69, 9.17) is 27.9 Å². The maximum atomic E-state index is 11.7. The topological polar surface area (TPSA) is 58.6 Å². The highest BCUT2D eigenvalue weighted by Gasteiger charge is 2.40. The number of rotatable bonds is 4. The SMILES string of the molecule is CS(=O)(=O)c1ccc(OC2c3c(Cl)cc(Cl)cc3CC2N2CCNCC2)cc1. The first-order chi connectivity index (χ1) is 13.3. The van der Waals surface area contributed by atoms with E-state index in [-0.39, 0.29) is 17.0 Å². The third-order valence-corrected chi connectivity index (χ3v) is 7.04. The second-order valence-electron chi connectivity index (χ2n) is 7.30. The van der Waals surface area contributed by atoms with Crippen LogP contribution in [0.3, 0.4) is 0 Å². The lowest BCUT2D eigenvalue weighted by molar-refractivity contribution is 0.0694. The van der Waals surface area contributed by atoms with Gasteiger partial charge in [0.25, 0.3) is 0 Å². The van der Waals surface area contributed by atoms with Crippen molar-refractivity contribution in [3.05, 3.63) is 57.6 Å². The number of piperazine rings is 1. The Kier molecular flexibility index (Phi) is 5.60. The van der Waals surface area contributed by atoms with Crippen molar-refractivity contribution >= 4 is 33.0 Å². The smallest absolute Gasteiger partial charge is 0.175 e. The van der Waals surface area contributed by atoms with Crippen LogP contribution in [0.25, 0.3) is 0 Å². The Bertz CT molecular complexity index is 974. The minimum absolute atomic E-state index is 0.155. The maximum Gasteiger partial charge on any atom is 0.175 e. The number of nitrogens with one attached hydrogen (secondary N) is 1. The predicted octanol–water partition coefficient (Wildman–Crippen LogP) is 3.35. The summed E-state index contributed by atoms with van der Waals surface area (Å²) in [6.07, 6.45) is 1.78. The van der Waals surface area contributed by atoms with Crippen LogP contribution in [0.4, 0.5) is 0 Å². The molecule has 0 amide bonds. The summed E-state index contributed by atoms with van der Waals surface area (Å²) in [5.41, 5.74) is 2.08. The molecule has 1 saturated heterocycles. The van der Waals surface area contributed by atoms with Gasteiger partial charge in [0, 0.05) is 48.0 Å². The van der Waals surface area contributed by atoms with Crippen LogP contribution < -0.4 is 10.1 Å². The Morgan fingerprint density at radius 2 is 1.79 bits per heavy atom. The number of ether oxygens (including phenoxy) is 1. The molecule has 0 saturated carbocycles. The van der Waals surface area contributed by atoms with Gasteiger partial charge < -0.3 is 10.1 Å². The van der Waals surface area contributed by atoms with Crippen LogP contribution >= 0.6 is 23.2 Å². The number of hydrogen-bond acceptors (Lipinski definition) is 5. The van der Waals surface area contributed by atoms with E-state index < -0.39 is 9.84 Å². The molecular formula is C20H22Cl2N2O3S. The van der Waals surface area contributed by atoms with E-state index in [0.29, 0.717) is 15.8 Å². The zero-order valence-corrected chi connectivity index (χ0v) is 17.8. The molecule has 2 aliphatic rings. The molecule has 8 heteroatoms. The molecule has 1 fully saturated rings. The molecule has 1 N–H and O–H groups in total. The van der Waals surface area contributed by atoms with Crippen molar-refractivity contribution in [3.8, 4) is 5.75 Å². The van der Waals surface area contributed by atoms with E-state index >= 15 is 0 Å². The second-order valence-corrected chi connectivity index (χ2v) is 10.2. The Balaban J connectivity index is 1.67. The minimum Gasteiger partial charge on any atom is -0.484 e. The quantitative estimate of drug-likeness (QED) is 0.789. The van der Waals surface area contributed by atoms with Gasteiger partial charge in [-0.3, -0.25) is 4.90 Å². The molecule has 4 rings (SSSR count). The van der Waals surface area contributed by atoms with E-state index in [9.17, 15) is 8.42 Å². The van der Waals surface area contributed by atoms with Crippen molar-refractivity contribution in [1.82, 2.24) is 10.2 Å². The van der Waals surface area contributed by atoms with Gasteiger partial charge in [-0.05, 0) is 48.4 Å². The average molecular weight is 441 g/mol. The highest BCUT2D eigenvalue weighted by molar-refractivity contribution is 7.90. The number of benzene rings is 2. The molecule has 0 bridgehead atoms. The fourth-order valence-electron chi connectivity index (χ4n) is 4.03. The molecule has 1 aliphatic carbocycles. The highest BCUT2D eigenvalue weighted by Crippen LogP contribution is 2.43. The van der Waals surface area contributed by atoms with Crippen molar-refractivity contribution in [2.45, 2.75) is 23.5 Å². The summed E-state index contributed by atoms with van der Waals surface area (Å²) >= 11 is 12.8. The van der Waals surface area contributed by atoms with Gasteiger partial charge in [0.05, 0.1) is 10.9 Å². The molecule has 2 atom stereocenters. The fourth-order valence-corrected chi connectivity index (χ4v) is 5.31. The average Bonchev–Trinajstić information content (AvgIpc) is 3.00. The van der Waals surface area contributed by atoms with Gasteiger partial charge in [-0.1, -0.05) is 23.2 Å². The van der Waals surface area contributed by atoms with Gasteiger partial charge in [-0.15, -0.1) is 0 Å². The monoisotopic (exact) mass is 440 g/mol. The molecule has 1 heterocycles. The summed E-state index contributed by atoms with van der Waals surface area (Å²) in [6.45, 7) is 3.77. The molecule has 1 aliphatic heterocycles. The van der Waals surface area contributed by atoms with E-state index in [1.54, 1.807) is 30.3 Å². The number of halogens is 2. The van der Waals surface area contributed by atoms with Crippen LogP contribution in [-0.2, 0) is 16.3 Å². The molecule has 5 nitrogen and oxygen atoms in total. The second kappa shape index (κ2) is 7.84. The lowest BCUT2D eigenvalue weighted by Gasteiger charge is -2.36. The molecule has 150 valence electrons. The molecule has 2 aromatic carbocycles. The van der Waals surface area contributed by atoms with Crippen LogP contribution in [0.2, 0.25) is 10.0 Å². The maximum absolute atomic E-state index is 11.7. The lowest BCUT2D eigenvalue weighted by atomic mass is 10.1. The van der Waals surface area contributed by atoms with Crippen molar-refractivity contribution in [1.29, 1.82) is 0 Å². The van der Waals surface area contributed by atoms with E-state index in [0.717, 1.165) is 43.7 Å². The number of nitrogens with zero attached hydrogens (tertiary/aromatic N) is 1. The fraction of sp³-hybridized carbons (Fsp3) is 0.400. The van der Waals surface area contributed by atoms with Gasteiger partial charge in [0.2, 0.25) is 0 Å². The molecule has 2 unspecified atom stereocenters. The molecular weight excluding hydrogens is 419 g/mol. The summed E-state index contributed by atoms with van der Waals surface area (Å²) in [5.74, 6) is 0.622. The van der Waals surface area contributed by atoms with E-state index in [2.05, 4.69) is 10.2 Å². The van der Waals surface area contributed by atoms with E-state index in [1.807, 2.05) is 6.07 Å². The first-order valence-electron chi connectivity index (χ1n) is 9.22.